The van der Waals surface area contributed by atoms with E-state index in [1.54, 1.807) is 25.1 Å². The molecule has 1 aliphatic carbocycles. The standard InChI is InChI=1S/C16H21ClN2O2/c1-10-6-3-4-8-13(10)18-15(20)16(21)19-14-9-5-7-12(17)11(14)2/h5,7,9-10,13H,3-4,6,8H2,1-2H3,(H,18,20)(H,19,21)/t10-,13-/m0/s1. The molecule has 0 radical (unpaired) electrons. The quantitative estimate of drug-likeness (QED) is 0.824. The Balaban J connectivity index is 1.96. The SMILES string of the molecule is Cc1c(Cl)cccc1NC(=O)C(=O)N[C@H]1CCCC[C@@H]1C. The highest BCUT2D eigenvalue weighted by Crippen LogP contribution is 2.24. The summed E-state index contributed by atoms with van der Waals surface area (Å²) in [6, 6.07) is 5.32. The molecule has 0 bridgehead atoms. The second kappa shape index (κ2) is 6.94. The lowest BCUT2D eigenvalue weighted by Crippen LogP contribution is -2.45. The van der Waals surface area contributed by atoms with E-state index in [4.69, 9.17) is 11.6 Å². The van der Waals surface area contributed by atoms with Crippen molar-refractivity contribution in [2.24, 2.45) is 5.92 Å². The maximum Gasteiger partial charge on any atom is 0.313 e. The van der Waals surface area contributed by atoms with E-state index < -0.39 is 11.8 Å². The van der Waals surface area contributed by atoms with E-state index in [1.807, 2.05) is 0 Å². The molecule has 0 aromatic heterocycles. The number of hydrogen-bond acceptors (Lipinski definition) is 2. The van der Waals surface area contributed by atoms with Gasteiger partial charge in [-0.25, -0.2) is 0 Å². The van der Waals surface area contributed by atoms with Gasteiger partial charge in [0.05, 0.1) is 0 Å². The average Bonchev–Trinajstić information content (AvgIpc) is 2.46. The summed E-state index contributed by atoms with van der Waals surface area (Å²) in [4.78, 5) is 24.0. The van der Waals surface area contributed by atoms with Crippen LogP contribution >= 0.6 is 11.6 Å². The van der Waals surface area contributed by atoms with Crippen LogP contribution in [0.1, 0.15) is 38.2 Å². The van der Waals surface area contributed by atoms with Crippen LogP contribution in [0, 0.1) is 12.8 Å². The largest absolute Gasteiger partial charge is 0.345 e. The molecule has 2 N–H and O–H groups in total. The van der Waals surface area contributed by atoms with Gasteiger partial charge in [-0.15, -0.1) is 0 Å². The first-order valence-corrected chi connectivity index (χ1v) is 7.74. The minimum absolute atomic E-state index is 0.0949. The van der Waals surface area contributed by atoms with Crippen LogP contribution in [0.3, 0.4) is 0 Å². The Bertz CT molecular complexity index is 545. The zero-order valence-electron chi connectivity index (χ0n) is 12.4. The second-order valence-corrected chi connectivity index (χ2v) is 6.12. The third-order valence-electron chi connectivity index (χ3n) is 4.15. The molecule has 21 heavy (non-hydrogen) atoms. The van der Waals surface area contributed by atoms with Crippen LogP contribution in [0.2, 0.25) is 5.02 Å². The fourth-order valence-electron chi connectivity index (χ4n) is 2.69. The first-order chi connectivity index (χ1) is 9.99. The maximum absolute atomic E-state index is 12.0. The van der Waals surface area contributed by atoms with Gasteiger partial charge >= 0.3 is 11.8 Å². The third kappa shape index (κ3) is 3.97. The highest BCUT2D eigenvalue weighted by molar-refractivity contribution is 6.40. The Labute approximate surface area is 130 Å². The number of carbonyl (C=O) groups excluding carboxylic acids is 2. The molecule has 1 aliphatic rings. The van der Waals surface area contributed by atoms with Crippen molar-refractivity contribution in [3.8, 4) is 0 Å². The van der Waals surface area contributed by atoms with Crippen LogP contribution in [-0.2, 0) is 9.59 Å². The fraction of sp³-hybridized carbons (Fsp3) is 0.500. The summed E-state index contributed by atoms with van der Waals surface area (Å²) in [6.45, 7) is 3.92. The van der Waals surface area contributed by atoms with Gasteiger partial charge in [-0.1, -0.05) is 37.4 Å². The number of halogens is 1. The molecule has 0 unspecified atom stereocenters. The van der Waals surface area contributed by atoms with E-state index >= 15 is 0 Å². The summed E-state index contributed by atoms with van der Waals surface area (Å²) in [7, 11) is 0. The molecule has 4 nitrogen and oxygen atoms in total. The number of rotatable bonds is 2. The lowest BCUT2D eigenvalue weighted by atomic mass is 9.86. The summed E-state index contributed by atoms with van der Waals surface area (Å²) in [6.07, 6.45) is 4.34. The molecule has 1 aromatic carbocycles. The van der Waals surface area contributed by atoms with Gasteiger partial charge in [-0.2, -0.15) is 0 Å². The van der Waals surface area contributed by atoms with E-state index in [0.717, 1.165) is 24.8 Å². The molecule has 0 heterocycles. The normalized spacial score (nSPS) is 21.7. The first kappa shape index (κ1) is 15.8. The van der Waals surface area contributed by atoms with Gasteiger partial charge in [0, 0.05) is 16.8 Å². The topological polar surface area (TPSA) is 58.2 Å². The number of carbonyl (C=O) groups is 2. The van der Waals surface area contributed by atoms with Gasteiger partial charge in [0.25, 0.3) is 0 Å². The van der Waals surface area contributed by atoms with Crippen molar-refractivity contribution in [1.29, 1.82) is 0 Å². The number of nitrogens with one attached hydrogen (secondary N) is 2. The Morgan fingerprint density at radius 1 is 1.19 bits per heavy atom. The minimum atomic E-state index is -0.641. The number of anilines is 1. The van der Waals surface area contributed by atoms with Crippen LogP contribution < -0.4 is 10.6 Å². The van der Waals surface area contributed by atoms with Gasteiger partial charge in [0.2, 0.25) is 0 Å². The zero-order chi connectivity index (χ0) is 15.4. The third-order valence-corrected chi connectivity index (χ3v) is 4.56. The summed E-state index contributed by atoms with van der Waals surface area (Å²) in [5, 5.41) is 6.02. The van der Waals surface area contributed by atoms with Gasteiger partial charge in [-0.3, -0.25) is 9.59 Å². The fourth-order valence-corrected chi connectivity index (χ4v) is 2.86. The molecule has 1 saturated carbocycles. The van der Waals surface area contributed by atoms with E-state index in [2.05, 4.69) is 17.6 Å². The molecule has 0 saturated heterocycles. The summed E-state index contributed by atoms with van der Waals surface area (Å²) in [5.74, 6) is -0.797. The number of amides is 2. The van der Waals surface area contributed by atoms with Gasteiger partial charge < -0.3 is 10.6 Å². The zero-order valence-corrected chi connectivity index (χ0v) is 13.2. The molecule has 1 fully saturated rings. The number of benzene rings is 1. The van der Waals surface area contributed by atoms with Gasteiger partial charge in [0.1, 0.15) is 0 Å². The van der Waals surface area contributed by atoms with Gasteiger partial charge in [-0.05, 0) is 43.4 Å². The van der Waals surface area contributed by atoms with Crippen LogP contribution in [0.15, 0.2) is 18.2 Å². The van der Waals surface area contributed by atoms with Crippen molar-refractivity contribution >= 4 is 29.1 Å². The molecular formula is C16H21ClN2O2. The molecule has 2 rings (SSSR count). The summed E-state index contributed by atoms with van der Waals surface area (Å²) >= 11 is 6.00. The Morgan fingerprint density at radius 3 is 2.62 bits per heavy atom. The molecular weight excluding hydrogens is 288 g/mol. The molecule has 1 aromatic rings. The highest BCUT2D eigenvalue weighted by atomic mass is 35.5. The molecule has 0 spiro atoms. The smallest absolute Gasteiger partial charge is 0.313 e. The lowest BCUT2D eigenvalue weighted by Gasteiger charge is -2.29. The highest BCUT2D eigenvalue weighted by Gasteiger charge is 2.25. The van der Waals surface area contributed by atoms with Crippen molar-refractivity contribution in [3.63, 3.8) is 0 Å². The second-order valence-electron chi connectivity index (χ2n) is 5.71. The molecule has 114 valence electrons. The number of hydrogen-bond donors (Lipinski definition) is 2. The maximum atomic E-state index is 12.0. The summed E-state index contributed by atoms with van der Waals surface area (Å²) < 4.78 is 0. The predicted molar refractivity (Wildman–Crippen MR) is 84.4 cm³/mol. The van der Waals surface area contributed by atoms with Crippen LogP contribution in [0.5, 0.6) is 0 Å². The average molecular weight is 309 g/mol. The molecule has 0 aliphatic heterocycles. The molecule has 2 atom stereocenters. The van der Waals surface area contributed by atoms with E-state index in [-0.39, 0.29) is 6.04 Å². The van der Waals surface area contributed by atoms with Crippen LogP contribution in [0.25, 0.3) is 0 Å². The van der Waals surface area contributed by atoms with E-state index in [0.29, 0.717) is 16.6 Å². The Morgan fingerprint density at radius 2 is 1.90 bits per heavy atom. The van der Waals surface area contributed by atoms with Crippen molar-refractivity contribution in [2.75, 3.05) is 5.32 Å². The Hall–Kier alpha value is -1.55. The lowest BCUT2D eigenvalue weighted by molar-refractivity contribution is -0.137. The minimum Gasteiger partial charge on any atom is -0.345 e. The summed E-state index contributed by atoms with van der Waals surface area (Å²) in [5.41, 5.74) is 1.32. The van der Waals surface area contributed by atoms with Crippen molar-refractivity contribution in [1.82, 2.24) is 5.32 Å². The van der Waals surface area contributed by atoms with Crippen LogP contribution in [0.4, 0.5) is 5.69 Å². The van der Waals surface area contributed by atoms with E-state index in [9.17, 15) is 9.59 Å². The Kier molecular flexibility index (Phi) is 5.23. The van der Waals surface area contributed by atoms with Gasteiger partial charge in [0.15, 0.2) is 0 Å². The monoisotopic (exact) mass is 308 g/mol. The predicted octanol–water partition coefficient (Wildman–Crippen LogP) is 3.28. The van der Waals surface area contributed by atoms with E-state index in [1.165, 1.54) is 6.42 Å². The van der Waals surface area contributed by atoms with Crippen molar-refractivity contribution in [2.45, 2.75) is 45.6 Å². The van der Waals surface area contributed by atoms with Crippen molar-refractivity contribution < 1.29 is 9.59 Å². The van der Waals surface area contributed by atoms with Crippen molar-refractivity contribution in [3.05, 3.63) is 28.8 Å². The molecule has 5 heteroatoms. The first-order valence-electron chi connectivity index (χ1n) is 7.36. The molecule has 2 amide bonds. The van der Waals surface area contributed by atoms with Crippen LogP contribution in [-0.4, -0.2) is 17.9 Å².